The van der Waals surface area contributed by atoms with Crippen LogP contribution in [-0.2, 0) is 39.4 Å². The first-order chi connectivity index (χ1) is 27.0. The lowest BCUT2D eigenvalue weighted by Gasteiger charge is -2.31. The Balaban J connectivity index is 1.42. The molecule has 1 aliphatic heterocycles. The van der Waals surface area contributed by atoms with E-state index in [0.717, 1.165) is 46.1 Å². The Morgan fingerprint density at radius 3 is 2.59 bits per heavy atom. The Bertz CT molecular complexity index is 2270. The van der Waals surface area contributed by atoms with Gasteiger partial charge in [-0.15, -0.1) is 11.6 Å². The fourth-order valence-electron chi connectivity index (χ4n) is 7.64. The van der Waals surface area contributed by atoms with Crippen LogP contribution in [0.1, 0.15) is 66.6 Å². The number of nitrogens with zero attached hydrogens (tertiary/aromatic N) is 4. The molecule has 0 radical (unpaired) electrons. The van der Waals surface area contributed by atoms with Crippen molar-refractivity contribution < 1.29 is 31.8 Å². The largest absolute Gasteiger partial charge is 0.493 e. The molecule has 56 heavy (non-hydrogen) atoms. The Kier molecular flexibility index (Phi) is 14.0. The number of carbonyl (C=O) groups excluding carboxylic acids is 1. The fraction of sp³-hybridized carbons (Fsp3) is 0.463. The molecule has 1 atom stereocenters. The van der Waals surface area contributed by atoms with Crippen molar-refractivity contribution in [1.82, 2.24) is 24.0 Å². The number of H-pyrrole nitrogens is 1. The number of hydrogen-bond acceptors (Lipinski definition) is 8. The number of sulfonamides is 1. The van der Waals surface area contributed by atoms with Crippen molar-refractivity contribution in [3.8, 4) is 16.9 Å². The zero-order valence-corrected chi connectivity index (χ0v) is 34.7. The summed E-state index contributed by atoms with van der Waals surface area (Å²) in [6.07, 6.45) is 2.41. The number of ether oxygens (including phenoxy) is 3. The molecule has 15 heteroatoms. The summed E-state index contributed by atoms with van der Waals surface area (Å²) in [6.45, 7) is 7.70. The molecule has 0 aliphatic carbocycles. The van der Waals surface area contributed by atoms with Crippen LogP contribution in [0.4, 0.5) is 4.39 Å². The second-order valence-corrected chi connectivity index (χ2v) is 16.9. The molecule has 3 heterocycles. The minimum absolute atomic E-state index is 0.0914. The second kappa shape index (κ2) is 18.7. The zero-order valence-electron chi connectivity index (χ0n) is 32.4. The lowest BCUT2D eigenvalue weighted by atomic mass is 9.94. The van der Waals surface area contributed by atoms with Gasteiger partial charge >= 0.3 is 5.97 Å². The lowest BCUT2D eigenvalue weighted by molar-refractivity contribution is 0.0351. The normalized spacial score (nSPS) is 14.6. The Labute approximate surface area is 338 Å². The minimum Gasteiger partial charge on any atom is -0.493 e. The van der Waals surface area contributed by atoms with Crippen LogP contribution >= 0.6 is 23.2 Å². The average molecular weight is 831 g/mol. The number of benzene rings is 3. The molecule has 302 valence electrons. The van der Waals surface area contributed by atoms with E-state index >= 15 is 0 Å². The van der Waals surface area contributed by atoms with E-state index in [-0.39, 0.29) is 24.1 Å². The topological polar surface area (TPSA) is 119 Å². The van der Waals surface area contributed by atoms with Crippen molar-refractivity contribution in [3.05, 3.63) is 82.0 Å². The summed E-state index contributed by atoms with van der Waals surface area (Å²) in [5, 5.41) is 7.81. The third-order valence-electron chi connectivity index (χ3n) is 10.5. The highest BCUT2D eigenvalue weighted by Gasteiger charge is 2.35. The predicted octanol–water partition coefficient (Wildman–Crippen LogP) is 7.92. The van der Waals surface area contributed by atoms with Gasteiger partial charge in [-0.05, 0) is 80.3 Å². The van der Waals surface area contributed by atoms with Gasteiger partial charge in [0.25, 0.3) is 0 Å². The van der Waals surface area contributed by atoms with Crippen LogP contribution < -0.4 is 4.74 Å². The molecule has 1 saturated heterocycles. The minimum atomic E-state index is -3.73. The maximum atomic E-state index is 13.9. The standard InChI is InChI=1S/C41H50Cl2FN5O6S/c1-5-33-37(40(46-47(33)3)34(17-19-49-20-23-53-24-21-49)48(4)56(51,52)25-9-18-42)36-32(43)16-15-31-30(39(45-38(31)36)41(50)54-6-2)11-8-22-55-35-12-7-10-27-26-28(44)13-14-29(27)35/h7,10,12-16,26,34,45H,5-6,8-9,11,17-25H2,1-4H3. The summed E-state index contributed by atoms with van der Waals surface area (Å²) in [4.78, 5) is 19.2. The van der Waals surface area contributed by atoms with Gasteiger partial charge in [0.05, 0.1) is 54.5 Å². The number of morpholine rings is 1. The molecule has 5 aromatic rings. The molecular weight excluding hydrogens is 780 g/mol. The van der Waals surface area contributed by atoms with Crippen molar-refractivity contribution in [2.24, 2.45) is 7.05 Å². The van der Waals surface area contributed by atoms with Crippen LogP contribution in [-0.4, -0.2) is 103 Å². The van der Waals surface area contributed by atoms with Crippen LogP contribution in [0.15, 0.2) is 48.5 Å². The van der Waals surface area contributed by atoms with Gasteiger partial charge in [-0.3, -0.25) is 9.58 Å². The fourth-order valence-corrected chi connectivity index (χ4v) is 9.58. The number of aromatic amines is 1. The first kappa shape index (κ1) is 41.9. The number of nitrogens with one attached hydrogen (secondary N) is 1. The highest BCUT2D eigenvalue weighted by atomic mass is 35.5. The summed E-state index contributed by atoms with van der Waals surface area (Å²) >= 11 is 13.1. The van der Waals surface area contributed by atoms with Crippen molar-refractivity contribution in [2.75, 3.05) is 64.7 Å². The van der Waals surface area contributed by atoms with Crippen molar-refractivity contribution in [3.63, 3.8) is 0 Å². The Hall–Kier alpha value is -3.72. The van der Waals surface area contributed by atoms with E-state index in [4.69, 9.17) is 42.5 Å². The molecule has 0 amide bonds. The number of fused-ring (bicyclic) bond motifs is 2. The molecule has 6 rings (SSSR count). The van der Waals surface area contributed by atoms with Gasteiger partial charge in [-0.25, -0.2) is 17.6 Å². The van der Waals surface area contributed by atoms with E-state index in [2.05, 4.69) is 9.88 Å². The third-order valence-corrected chi connectivity index (χ3v) is 13.0. The van der Waals surface area contributed by atoms with Gasteiger partial charge in [0, 0.05) is 67.2 Å². The maximum Gasteiger partial charge on any atom is 0.355 e. The van der Waals surface area contributed by atoms with Crippen LogP contribution in [0.3, 0.4) is 0 Å². The second-order valence-electron chi connectivity index (χ2n) is 13.9. The van der Waals surface area contributed by atoms with Gasteiger partial charge in [-0.2, -0.15) is 9.40 Å². The Morgan fingerprint density at radius 2 is 1.86 bits per heavy atom. The molecule has 11 nitrogen and oxygen atoms in total. The number of esters is 1. The molecule has 0 bridgehead atoms. The zero-order chi connectivity index (χ0) is 40.0. The number of carbonyl (C=O) groups is 1. The van der Waals surface area contributed by atoms with E-state index < -0.39 is 22.0 Å². The first-order valence-corrected chi connectivity index (χ1v) is 21.7. The van der Waals surface area contributed by atoms with Crippen molar-refractivity contribution in [1.29, 1.82) is 0 Å². The van der Waals surface area contributed by atoms with E-state index in [1.165, 1.54) is 16.4 Å². The number of aromatic nitrogens is 3. The summed E-state index contributed by atoms with van der Waals surface area (Å²) < 4.78 is 62.0. The molecule has 1 N–H and O–H groups in total. The maximum absolute atomic E-state index is 13.9. The molecule has 1 unspecified atom stereocenters. The number of aryl methyl sites for hydroxylation is 2. The molecule has 3 aromatic carbocycles. The van der Waals surface area contributed by atoms with E-state index in [0.29, 0.717) is 91.7 Å². The van der Waals surface area contributed by atoms with E-state index in [9.17, 15) is 17.6 Å². The molecular formula is C41H50Cl2FN5O6S. The third kappa shape index (κ3) is 9.03. The summed E-state index contributed by atoms with van der Waals surface area (Å²) in [6, 6.07) is 13.2. The van der Waals surface area contributed by atoms with Crippen LogP contribution in [0.2, 0.25) is 5.02 Å². The first-order valence-electron chi connectivity index (χ1n) is 19.2. The van der Waals surface area contributed by atoms with Gasteiger partial charge in [-0.1, -0.05) is 36.7 Å². The molecule has 2 aromatic heterocycles. The van der Waals surface area contributed by atoms with E-state index in [1.807, 2.05) is 44.3 Å². The average Bonchev–Trinajstić information content (AvgIpc) is 3.72. The molecule has 0 spiro atoms. The lowest BCUT2D eigenvalue weighted by Crippen LogP contribution is -2.40. The summed E-state index contributed by atoms with van der Waals surface area (Å²) in [5.74, 6) is -0.0195. The number of hydrogen-bond donors (Lipinski definition) is 1. The van der Waals surface area contributed by atoms with Crippen LogP contribution in [0, 0.1) is 5.82 Å². The molecule has 1 aliphatic rings. The SMILES string of the molecule is CCOC(=O)c1[nH]c2c(-c3c(C(CCN4CCOCC4)N(C)S(=O)(=O)CCCCl)nn(C)c3CC)c(Cl)ccc2c1CCCOc1cccc2cc(F)ccc12. The highest BCUT2D eigenvalue weighted by molar-refractivity contribution is 7.89. The highest BCUT2D eigenvalue weighted by Crippen LogP contribution is 2.44. The van der Waals surface area contributed by atoms with E-state index in [1.54, 1.807) is 24.7 Å². The van der Waals surface area contributed by atoms with Gasteiger partial charge < -0.3 is 19.2 Å². The summed E-state index contributed by atoms with van der Waals surface area (Å²) in [5.41, 5.74) is 4.54. The Morgan fingerprint density at radius 1 is 1.09 bits per heavy atom. The van der Waals surface area contributed by atoms with Crippen LogP contribution in [0.25, 0.3) is 32.8 Å². The van der Waals surface area contributed by atoms with Crippen LogP contribution in [0.5, 0.6) is 5.75 Å². The molecule has 1 fully saturated rings. The number of halogens is 3. The molecule has 0 saturated carbocycles. The number of rotatable bonds is 18. The predicted molar refractivity (Wildman–Crippen MR) is 220 cm³/mol. The van der Waals surface area contributed by atoms with Crippen molar-refractivity contribution >= 4 is 60.9 Å². The number of alkyl halides is 1. The smallest absolute Gasteiger partial charge is 0.355 e. The monoisotopic (exact) mass is 829 g/mol. The van der Waals surface area contributed by atoms with Gasteiger partial charge in [0.1, 0.15) is 17.3 Å². The quantitative estimate of drug-likeness (QED) is 0.0538. The van der Waals surface area contributed by atoms with Crippen molar-refractivity contribution in [2.45, 2.75) is 52.0 Å². The summed E-state index contributed by atoms with van der Waals surface area (Å²) in [7, 11) is -0.252. The van der Waals surface area contributed by atoms with Gasteiger partial charge in [0.15, 0.2) is 0 Å². The van der Waals surface area contributed by atoms with Gasteiger partial charge in [0.2, 0.25) is 10.0 Å².